The van der Waals surface area contributed by atoms with Crippen LogP contribution in [0.25, 0.3) is 0 Å². The number of carboxylic acids is 1. The van der Waals surface area contributed by atoms with Crippen LogP contribution in [0.1, 0.15) is 64.5 Å². The Morgan fingerprint density at radius 3 is 1.92 bits per heavy atom. The molecular formula is C18H29NO5. The topological polar surface area (TPSA) is 98.9 Å². The van der Waals surface area contributed by atoms with Gasteiger partial charge in [0.1, 0.15) is 18.4 Å². The van der Waals surface area contributed by atoms with Gasteiger partial charge in [0, 0.05) is 0 Å². The molecule has 0 spiro atoms. The molecule has 0 heterocycles. The number of benzene rings is 1. The van der Waals surface area contributed by atoms with Crippen LogP contribution >= 0.6 is 0 Å². The summed E-state index contributed by atoms with van der Waals surface area (Å²) in [5, 5.41) is 8.66. The summed E-state index contributed by atoms with van der Waals surface area (Å²) in [6.45, 7) is 11.6. The second kappa shape index (κ2) is 10.6. The lowest BCUT2D eigenvalue weighted by atomic mass is 9.94. The maximum atomic E-state index is 11.8. The van der Waals surface area contributed by atoms with E-state index in [1.807, 2.05) is 59.7 Å². The summed E-state index contributed by atoms with van der Waals surface area (Å²) in [5.41, 5.74) is 7.07. The van der Waals surface area contributed by atoms with Crippen molar-refractivity contribution in [2.45, 2.75) is 59.4 Å². The van der Waals surface area contributed by atoms with E-state index < -0.39 is 24.8 Å². The highest BCUT2D eigenvalue weighted by molar-refractivity contribution is 5.74. The van der Waals surface area contributed by atoms with Crippen molar-refractivity contribution in [3.63, 3.8) is 0 Å². The maximum absolute atomic E-state index is 11.8. The van der Waals surface area contributed by atoms with Gasteiger partial charge in [-0.2, -0.15) is 0 Å². The number of hydrogen-bond acceptors (Lipinski definition) is 5. The second-order valence-electron chi connectivity index (χ2n) is 5.68. The van der Waals surface area contributed by atoms with Gasteiger partial charge in [-0.15, -0.1) is 0 Å². The van der Waals surface area contributed by atoms with Crippen molar-refractivity contribution >= 4 is 12.1 Å². The summed E-state index contributed by atoms with van der Waals surface area (Å²) in [5.74, 6) is -0.426. The zero-order valence-corrected chi connectivity index (χ0v) is 15.3. The molecule has 0 amide bonds. The molecule has 0 aromatic heterocycles. The van der Waals surface area contributed by atoms with Gasteiger partial charge in [-0.05, 0) is 23.0 Å². The highest BCUT2D eigenvalue weighted by atomic mass is 16.7. The standard InChI is InChI=1S/C16H23NO5.C2H6/c1-9(2)11-6-5-7-12(10(3)4)14(11)22-16(20)21-8-13(17)15(18)19;1-2/h5-7,9-10,13H,8,17H2,1-4H3,(H,18,19);1-2H3/t13-;/m0./s1. The van der Waals surface area contributed by atoms with Gasteiger partial charge >= 0.3 is 12.1 Å². The summed E-state index contributed by atoms with van der Waals surface area (Å²) in [6.07, 6.45) is -0.952. The molecule has 0 radical (unpaired) electrons. The Labute approximate surface area is 144 Å². The lowest BCUT2D eigenvalue weighted by Gasteiger charge is -2.18. The Hall–Kier alpha value is -2.08. The zero-order valence-electron chi connectivity index (χ0n) is 15.3. The number of aliphatic carboxylic acids is 1. The Morgan fingerprint density at radius 1 is 1.08 bits per heavy atom. The Kier molecular flexibility index (Phi) is 9.73. The molecule has 1 atom stereocenters. The van der Waals surface area contributed by atoms with Gasteiger partial charge in [0.25, 0.3) is 0 Å². The summed E-state index contributed by atoms with van der Waals surface area (Å²) < 4.78 is 10.1. The second-order valence-corrected chi connectivity index (χ2v) is 5.68. The molecule has 3 N–H and O–H groups in total. The summed E-state index contributed by atoms with van der Waals surface area (Å²) >= 11 is 0. The third-order valence-corrected chi connectivity index (χ3v) is 3.20. The van der Waals surface area contributed by atoms with E-state index in [1.165, 1.54) is 0 Å². The highest BCUT2D eigenvalue weighted by Gasteiger charge is 2.20. The molecule has 1 rings (SSSR count). The number of para-hydroxylation sites is 1. The molecule has 0 aliphatic carbocycles. The van der Waals surface area contributed by atoms with E-state index >= 15 is 0 Å². The molecule has 0 unspecified atom stereocenters. The first-order chi connectivity index (χ1) is 11.2. The van der Waals surface area contributed by atoms with E-state index in [-0.39, 0.29) is 11.8 Å². The molecule has 0 aliphatic rings. The fourth-order valence-corrected chi connectivity index (χ4v) is 1.94. The fourth-order valence-electron chi connectivity index (χ4n) is 1.94. The number of carboxylic acid groups (broad SMARTS) is 1. The van der Waals surface area contributed by atoms with Crippen molar-refractivity contribution in [2.24, 2.45) is 5.73 Å². The van der Waals surface area contributed by atoms with Crippen LogP contribution in [0.2, 0.25) is 0 Å². The van der Waals surface area contributed by atoms with Gasteiger partial charge in [-0.1, -0.05) is 59.7 Å². The lowest BCUT2D eigenvalue weighted by Crippen LogP contribution is -2.36. The maximum Gasteiger partial charge on any atom is 0.513 e. The zero-order chi connectivity index (χ0) is 18.9. The van der Waals surface area contributed by atoms with E-state index in [0.29, 0.717) is 5.75 Å². The number of ether oxygens (including phenoxy) is 2. The Bertz CT molecular complexity index is 514. The molecule has 0 aliphatic heterocycles. The number of carbonyl (C=O) groups excluding carboxylic acids is 1. The molecule has 0 bridgehead atoms. The SMILES string of the molecule is CC.CC(C)c1cccc(C(C)C)c1OC(=O)OC[C@H](N)C(=O)O. The normalized spacial score (nSPS) is 11.5. The average Bonchev–Trinajstić information content (AvgIpc) is 2.54. The largest absolute Gasteiger partial charge is 0.513 e. The summed E-state index contributed by atoms with van der Waals surface area (Å²) in [6, 6.07) is 4.44. The van der Waals surface area contributed by atoms with E-state index in [2.05, 4.69) is 0 Å². The molecule has 0 fully saturated rings. The molecule has 24 heavy (non-hydrogen) atoms. The monoisotopic (exact) mass is 339 g/mol. The third-order valence-electron chi connectivity index (χ3n) is 3.20. The number of carbonyl (C=O) groups is 2. The van der Waals surface area contributed by atoms with Crippen LogP contribution < -0.4 is 10.5 Å². The summed E-state index contributed by atoms with van der Waals surface area (Å²) in [4.78, 5) is 22.4. The first kappa shape index (κ1) is 21.9. The van der Waals surface area contributed by atoms with Crippen LogP contribution in [-0.2, 0) is 9.53 Å². The minimum absolute atomic E-state index is 0.169. The van der Waals surface area contributed by atoms with Crippen molar-refractivity contribution < 1.29 is 24.2 Å². The van der Waals surface area contributed by atoms with Gasteiger partial charge < -0.3 is 20.3 Å². The molecule has 6 nitrogen and oxygen atoms in total. The van der Waals surface area contributed by atoms with Gasteiger partial charge in [-0.25, -0.2) is 4.79 Å². The van der Waals surface area contributed by atoms with E-state index in [9.17, 15) is 9.59 Å². The fraction of sp³-hybridized carbons (Fsp3) is 0.556. The van der Waals surface area contributed by atoms with Crippen LogP contribution in [0.15, 0.2) is 18.2 Å². The minimum Gasteiger partial charge on any atom is -0.480 e. The Morgan fingerprint density at radius 2 is 1.54 bits per heavy atom. The van der Waals surface area contributed by atoms with E-state index in [1.54, 1.807) is 0 Å². The van der Waals surface area contributed by atoms with Crippen molar-refractivity contribution in [1.29, 1.82) is 0 Å². The minimum atomic E-state index is -1.27. The van der Waals surface area contributed by atoms with Crippen LogP contribution in [0.5, 0.6) is 5.75 Å². The van der Waals surface area contributed by atoms with Crippen LogP contribution in [0, 0.1) is 0 Å². The predicted octanol–water partition coefficient (Wildman–Crippen LogP) is 3.89. The van der Waals surface area contributed by atoms with Crippen LogP contribution in [0.3, 0.4) is 0 Å². The van der Waals surface area contributed by atoms with E-state index in [0.717, 1.165) is 11.1 Å². The molecular weight excluding hydrogens is 310 g/mol. The number of rotatable bonds is 6. The van der Waals surface area contributed by atoms with Crippen LogP contribution in [0.4, 0.5) is 4.79 Å². The highest BCUT2D eigenvalue weighted by Crippen LogP contribution is 2.34. The average molecular weight is 339 g/mol. The van der Waals surface area contributed by atoms with Crippen molar-refractivity contribution in [3.8, 4) is 5.75 Å². The molecule has 1 aromatic carbocycles. The van der Waals surface area contributed by atoms with E-state index in [4.69, 9.17) is 20.3 Å². The van der Waals surface area contributed by atoms with Gasteiger partial charge in [0.15, 0.2) is 0 Å². The van der Waals surface area contributed by atoms with Gasteiger partial charge in [-0.3, -0.25) is 4.79 Å². The third kappa shape index (κ3) is 6.58. The van der Waals surface area contributed by atoms with Gasteiger partial charge in [0.2, 0.25) is 0 Å². The van der Waals surface area contributed by atoms with Crippen molar-refractivity contribution in [1.82, 2.24) is 0 Å². The Balaban J connectivity index is 0.00000254. The predicted molar refractivity (Wildman–Crippen MR) is 93.6 cm³/mol. The summed E-state index contributed by atoms with van der Waals surface area (Å²) in [7, 11) is 0. The van der Waals surface area contributed by atoms with Crippen molar-refractivity contribution in [3.05, 3.63) is 29.3 Å². The van der Waals surface area contributed by atoms with Gasteiger partial charge in [0.05, 0.1) is 0 Å². The first-order valence-corrected chi connectivity index (χ1v) is 8.19. The molecule has 0 saturated carbocycles. The molecule has 6 heteroatoms. The van der Waals surface area contributed by atoms with Crippen LogP contribution in [-0.4, -0.2) is 29.9 Å². The molecule has 1 aromatic rings. The smallest absolute Gasteiger partial charge is 0.480 e. The molecule has 136 valence electrons. The quantitative estimate of drug-likeness (QED) is 0.602. The molecule has 0 saturated heterocycles. The lowest BCUT2D eigenvalue weighted by molar-refractivity contribution is -0.139. The number of nitrogens with two attached hydrogens (primary N) is 1. The number of hydrogen-bond donors (Lipinski definition) is 2. The van der Waals surface area contributed by atoms with Crippen molar-refractivity contribution in [2.75, 3.05) is 6.61 Å². The first-order valence-electron chi connectivity index (χ1n) is 8.19.